The minimum atomic E-state index is -0.589. The van der Waals surface area contributed by atoms with E-state index in [4.69, 9.17) is 0 Å². The molecule has 0 spiro atoms. The van der Waals surface area contributed by atoms with E-state index >= 15 is 0 Å². The van der Waals surface area contributed by atoms with Gasteiger partial charge in [-0.1, -0.05) is 37.1 Å². The van der Waals surface area contributed by atoms with E-state index in [1.165, 1.54) is 28.1 Å². The summed E-state index contributed by atoms with van der Waals surface area (Å²) >= 11 is 4.28. The fraction of sp³-hybridized carbons (Fsp3) is 0.200. The van der Waals surface area contributed by atoms with E-state index in [-0.39, 0.29) is 11.6 Å². The quantitative estimate of drug-likeness (QED) is 0.427. The molecule has 0 aliphatic carbocycles. The molecule has 0 fully saturated rings. The summed E-state index contributed by atoms with van der Waals surface area (Å²) in [5, 5.41) is 5.49. The molecule has 172 valence electrons. The molecule has 0 atom stereocenters. The van der Waals surface area contributed by atoms with Crippen molar-refractivity contribution in [3.63, 3.8) is 0 Å². The second-order valence-corrected chi connectivity index (χ2v) is 8.19. The van der Waals surface area contributed by atoms with Crippen molar-refractivity contribution >= 4 is 41.8 Å². The average molecular weight is 467 g/mol. The zero-order valence-electron chi connectivity index (χ0n) is 18.8. The lowest BCUT2D eigenvalue weighted by molar-refractivity contribution is 0.102. The Bertz CT molecular complexity index is 1140. The molecular formula is C25H27FN4O2S. The SMILES string of the molecule is Cc1cc(CCNC(=O)N(S)c2ccc(NC(=O)c3ccccc3F)cc2)ccc1N(C)C. The first kappa shape index (κ1) is 24.1. The number of nitrogens with zero attached hydrogens (tertiary/aromatic N) is 2. The highest BCUT2D eigenvalue weighted by molar-refractivity contribution is 7.82. The maximum atomic E-state index is 13.8. The van der Waals surface area contributed by atoms with E-state index < -0.39 is 11.7 Å². The summed E-state index contributed by atoms with van der Waals surface area (Å²) in [6.45, 7) is 2.53. The third-order valence-corrected chi connectivity index (χ3v) is 5.53. The van der Waals surface area contributed by atoms with Crippen LogP contribution in [0.5, 0.6) is 0 Å². The first-order valence-electron chi connectivity index (χ1n) is 10.5. The zero-order valence-corrected chi connectivity index (χ0v) is 19.7. The lowest BCUT2D eigenvalue weighted by Crippen LogP contribution is -2.35. The van der Waals surface area contributed by atoms with Gasteiger partial charge >= 0.3 is 6.03 Å². The van der Waals surface area contributed by atoms with Crippen molar-refractivity contribution in [2.24, 2.45) is 0 Å². The molecule has 0 aromatic heterocycles. The number of amides is 3. The summed E-state index contributed by atoms with van der Waals surface area (Å²) in [5.41, 5.74) is 4.46. The number of anilines is 3. The van der Waals surface area contributed by atoms with Crippen LogP contribution in [0.1, 0.15) is 21.5 Å². The van der Waals surface area contributed by atoms with Crippen molar-refractivity contribution in [2.75, 3.05) is 35.2 Å². The van der Waals surface area contributed by atoms with E-state index in [9.17, 15) is 14.0 Å². The van der Waals surface area contributed by atoms with Gasteiger partial charge in [0, 0.05) is 32.0 Å². The topological polar surface area (TPSA) is 64.7 Å². The van der Waals surface area contributed by atoms with Gasteiger partial charge in [-0.15, -0.1) is 0 Å². The molecule has 8 heteroatoms. The number of rotatable bonds is 7. The maximum Gasteiger partial charge on any atom is 0.331 e. The standard InChI is InChI=1S/C25H27FN4O2S/c1-17-16-18(8-13-23(17)29(2)3)14-15-27-25(32)30(33)20-11-9-19(10-12-20)28-24(31)21-6-4-5-7-22(21)26/h4-13,16,33H,14-15H2,1-3H3,(H,27,32)(H,28,31). The van der Waals surface area contributed by atoms with E-state index in [0.29, 0.717) is 24.3 Å². The van der Waals surface area contributed by atoms with Gasteiger partial charge in [-0.25, -0.2) is 13.5 Å². The van der Waals surface area contributed by atoms with Crippen LogP contribution in [0.15, 0.2) is 66.7 Å². The Morgan fingerprint density at radius 1 is 1.00 bits per heavy atom. The molecule has 33 heavy (non-hydrogen) atoms. The molecule has 0 heterocycles. The molecule has 0 unspecified atom stereocenters. The highest BCUT2D eigenvalue weighted by Gasteiger charge is 2.14. The Kier molecular flexibility index (Phi) is 7.95. The van der Waals surface area contributed by atoms with Crippen molar-refractivity contribution in [3.05, 3.63) is 89.2 Å². The van der Waals surface area contributed by atoms with Crippen LogP contribution in [-0.4, -0.2) is 32.6 Å². The van der Waals surface area contributed by atoms with Gasteiger partial charge in [0.1, 0.15) is 5.82 Å². The largest absolute Gasteiger partial charge is 0.377 e. The van der Waals surface area contributed by atoms with Gasteiger partial charge in [0.05, 0.1) is 11.3 Å². The molecule has 3 amide bonds. The third-order valence-electron chi connectivity index (χ3n) is 5.11. The van der Waals surface area contributed by atoms with Crippen molar-refractivity contribution in [2.45, 2.75) is 13.3 Å². The number of urea groups is 1. The summed E-state index contributed by atoms with van der Waals surface area (Å²) in [6, 6.07) is 18.2. The minimum absolute atomic E-state index is 0.0386. The fourth-order valence-corrected chi connectivity index (χ4v) is 3.61. The second kappa shape index (κ2) is 10.9. The molecule has 0 aliphatic heterocycles. The molecule has 0 aliphatic rings. The number of benzene rings is 3. The van der Waals surface area contributed by atoms with E-state index in [1.807, 2.05) is 14.1 Å². The van der Waals surface area contributed by atoms with E-state index in [0.717, 1.165) is 11.3 Å². The molecule has 2 N–H and O–H groups in total. The van der Waals surface area contributed by atoms with Crippen molar-refractivity contribution in [1.29, 1.82) is 0 Å². The van der Waals surface area contributed by atoms with Crippen LogP contribution < -0.4 is 19.8 Å². The van der Waals surface area contributed by atoms with Gasteiger partial charge in [-0.3, -0.25) is 4.79 Å². The highest BCUT2D eigenvalue weighted by Crippen LogP contribution is 2.21. The van der Waals surface area contributed by atoms with Crippen molar-refractivity contribution in [3.8, 4) is 0 Å². The lowest BCUT2D eigenvalue weighted by Gasteiger charge is -2.18. The number of halogens is 1. The van der Waals surface area contributed by atoms with Crippen molar-refractivity contribution in [1.82, 2.24) is 5.32 Å². The predicted octanol–water partition coefficient (Wildman–Crippen LogP) is 5.06. The van der Waals surface area contributed by atoms with Gasteiger partial charge in [-0.05, 0) is 66.9 Å². The third kappa shape index (κ3) is 6.26. The molecule has 0 radical (unpaired) electrons. The molecule has 0 bridgehead atoms. The van der Waals surface area contributed by atoms with Gasteiger partial charge in [0.25, 0.3) is 5.91 Å². The Labute approximate surface area is 198 Å². The smallest absolute Gasteiger partial charge is 0.331 e. The summed E-state index contributed by atoms with van der Waals surface area (Å²) in [5.74, 6) is -1.14. The van der Waals surface area contributed by atoms with Gasteiger partial charge in [-0.2, -0.15) is 0 Å². The zero-order chi connectivity index (χ0) is 24.0. The van der Waals surface area contributed by atoms with Crippen LogP contribution in [-0.2, 0) is 6.42 Å². The van der Waals surface area contributed by atoms with Crippen LogP contribution in [0.2, 0.25) is 0 Å². The van der Waals surface area contributed by atoms with Crippen LogP contribution in [0.3, 0.4) is 0 Å². The van der Waals surface area contributed by atoms with Crippen LogP contribution in [0, 0.1) is 12.7 Å². The van der Waals surface area contributed by atoms with Crippen LogP contribution in [0.4, 0.5) is 26.2 Å². The number of carbonyl (C=O) groups excluding carboxylic acids is 2. The Hall–Kier alpha value is -3.52. The van der Waals surface area contributed by atoms with Crippen LogP contribution in [0.25, 0.3) is 0 Å². The minimum Gasteiger partial charge on any atom is -0.377 e. The van der Waals surface area contributed by atoms with Gasteiger partial charge < -0.3 is 15.5 Å². The number of carbonyl (C=O) groups is 2. The number of aryl methyl sites for hydroxylation is 1. The van der Waals surface area contributed by atoms with Crippen LogP contribution >= 0.6 is 12.8 Å². The summed E-state index contributed by atoms with van der Waals surface area (Å²) in [4.78, 5) is 26.7. The molecule has 6 nitrogen and oxygen atoms in total. The normalized spacial score (nSPS) is 10.5. The molecule has 0 saturated heterocycles. The van der Waals surface area contributed by atoms with Crippen molar-refractivity contribution < 1.29 is 14.0 Å². The first-order chi connectivity index (χ1) is 15.8. The predicted molar refractivity (Wildman–Crippen MR) is 135 cm³/mol. The monoisotopic (exact) mass is 466 g/mol. The molecular weight excluding hydrogens is 439 g/mol. The Morgan fingerprint density at radius 2 is 1.70 bits per heavy atom. The van der Waals surface area contributed by atoms with Gasteiger partial charge in [0.2, 0.25) is 0 Å². The number of hydrogen-bond donors (Lipinski definition) is 3. The highest BCUT2D eigenvalue weighted by atomic mass is 32.1. The maximum absolute atomic E-state index is 13.8. The molecule has 3 aromatic rings. The van der Waals surface area contributed by atoms with Gasteiger partial charge in [0.15, 0.2) is 0 Å². The summed E-state index contributed by atoms with van der Waals surface area (Å²) < 4.78 is 15.0. The number of nitrogens with one attached hydrogen (secondary N) is 2. The Balaban J connectivity index is 1.52. The van der Waals surface area contributed by atoms with E-state index in [2.05, 4.69) is 53.5 Å². The summed E-state index contributed by atoms with van der Waals surface area (Å²) in [6.07, 6.45) is 0.697. The molecule has 3 rings (SSSR count). The fourth-order valence-electron chi connectivity index (χ4n) is 3.41. The number of hydrogen-bond acceptors (Lipinski definition) is 4. The lowest BCUT2D eigenvalue weighted by atomic mass is 10.1. The number of thiol groups is 1. The average Bonchev–Trinajstić information content (AvgIpc) is 2.79. The first-order valence-corrected chi connectivity index (χ1v) is 10.9. The molecule has 0 saturated carbocycles. The Morgan fingerprint density at radius 3 is 2.33 bits per heavy atom. The van der Waals surface area contributed by atoms with E-state index in [1.54, 1.807) is 30.3 Å². The molecule has 3 aromatic carbocycles. The summed E-state index contributed by atoms with van der Waals surface area (Å²) in [7, 11) is 4.01. The second-order valence-electron chi connectivity index (χ2n) is 7.79.